The van der Waals surface area contributed by atoms with Gasteiger partial charge in [0, 0.05) is 68.1 Å². The molecular weight excluding hydrogens is 559 g/mol. The van der Waals surface area contributed by atoms with Crippen molar-refractivity contribution in [1.29, 1.82) is 0 Å². The SMILES string of the molecule is COc1cc(N)c(F)c(C(=O)NC2CCN(CCOCCNc3cccc4c3CN(C3CCC(=O)NC3=O)C4=O)CC2)c1. The number of ether oxygens (including phenoxy) is 2. The fourth-order valence-electron chi connectivity index (χ4n) is 5.77. The average Bonchev–Trinajstić information content (AvgIpc) is 3.33. The van der Waals surface area contributed by atoms with Crippen LogP contribution < -0.4 is 26.4 Å². The summed E-state index contributed by atoms with van der Waals surface area (Å²) in [5.74, 6) is -1.87. The van der Waals surface area contributed by atoms with Crippen LogP contribution in [0.4, 0.5) is 15.8 Å². The van der Waals surface area contributed by atoms with Crippen molar-refractivity contribution >= 4 is 35.0 Å². The Labute approximate surface area is 249 Å². The van der Waals surface area contributed by atoms with Crippen LogP contribution in [0, 0.1) is 5.82 Å². The number of carbonyl (C=O) groups is 4. The van der Waals surface area contributed by atoms with Crippen LogP contribution in [-0.2, 0) is 20.9 Å². The van der Waals surface area contributed by atoms with Crippen LogP contribution in [0.3, 0.4) is 0 Å². The predicted molar refractivity (Wildman–Crippen MR) is 156 cm³/mol. The van der Waals surface area contributed by atoms with Crippen LogP contribution in [-0.4, -0.2) is 92.0 Å². The molecule has 0 bridgehead atoms. The van der Waals surface area contributed by atoms with Gasteiger partial charge in [0.2, 0.25) is 11.8 Å². The molecule has 13 heteroatoms. The summed E-state index contributed by atoms with van der Waals surface area (Å²) in [4.78, 5) is 53.3. The number of nitrogens with one attached hydrogen (secondary N) is 3. The van der Waals surface area contributed by atoms with E-state index in [1.54, 1.807) is 6.07 Å². The molecule has 12 nitrogen and oxygen atoms in total. The molecule has 0 aromatic heterocycles. The Bertz CT molecular complexity index is 1400. The molecular formula is C30H37FN6O6. The van der Waals surface area contributed by atoms with Crippen LogP contribution in [0.5, 0.6) is 5.75 Å². The zero-order valence-corrected chi connectivity index (χ0v) is 24.1. The van der Waals surface area contributed by atoms with Gasteiger partial charge in [-0.15, -0.1) is 0 Å². The number of benzene rings is 2. The number of hydrogen-bond donors (Lipinski definition) is 4. The molecule has 230 valence electrons. The van der Waals surface area contributed by atoms with Crippen molar-refractivity contribution in [3.8, 4) is 5.75 Å². The van der Waals surface area contributed by atoms with Gasteiger partial charge in [-0.3, -0.25) is 24.5 Å². The molecule has 0 radical (unpaired) electrons. The summed E-state index contributed by atoms with van der Waals surface area (Å²) in [5.41, 5.74) is 7.63. The first-order valence-electron chi connectivity index (χ1n) is 14.5. The van der Waals surface area contributed by atoms with Crippen LogP contribution >= 0.6 is 0 Å². The summed E-state index contributed by atoms with van der Waals surface area (Å²) >= 11 is 0. The van der Waals surface area contributed by atoms with E-state index in [1.807, 2.05) is 12.1 Å². The van der Waals surface area contributed by atoms with E-state index in [0.29, 0.717) is 44.0 Å². The predicted octanol–water partition coefficient (Wildman–Crippen LogP) is 1.50. The number of hydrogen-bond acceptors (Lipinski definition) is 9. The van der Waals surface area contributed by atoms with E-state index in [9.17, 15) is 23.6 Å². The maximum atomic E-state index is 14.4. The fourth-order valence-corrected chi connectivity index (χ4v) is 5.77. The van der Waals surface area contributed by atoms with Gasteiger partial charge in [0.05, 0.1) is 31.6 Å². The number of fused-ring (bicyclic) bond motifs is 1. The van der Waals surface area contributed by atoms with Crippen LogP contribution in [0.2, 0.25) is 0 Å². The zero-order valence-electron chi connectivity index (χ0n) is 24.1. The van der Waals surface area contributed by atoms with Crippen molar-refractivity contribution in [3.63, 3.8) is 0 Å². The molecule has 1 unspecified atom stereocenters. The Balaban J connectivity index is 1.00. The van der Waals surface area contributed by atoms with Gasteiger partial charge >= 0.3 is 0 Å². The minimum absolute atomic E-state index is 0.0638. The van der Waals surface area contributed by atoms with E-state index < -0.39 is 23.7 Å². The highest BCUT2D eigenvalue weighted by atomic mass is 19.1. The molecule has 0 spiro atoms. The van der Waals surface area contributed by atoms with Crippen LogP contribution in [0.25, 0.3) is 0 Å². The maximum absolute atomic E-state index is 14.4. The Hall–Kier alpha value is -4.23. The number of piperidine rings is 2. The van der Waals surface area contributed by atoms with Gasteiger partial charge in [-0.25, -0.2) is 4.39 Å². The molecule has 5 rings (SSSR count). The minimum Gasteiger partial charge on any atom is -0.497 e. The summed E-state index contributed by atoms with van der Waals surface area (Å²) in [6.45, 7) is 4.17. The first kappa shape index (κ1) is 30.2. The van der Waals surface area contributed by atoms with Gasteiger partial charge in [-0.1, -0.05) is 6.07 Å². The number of halogens is 1. The van der Waals surface area contributed by atoms with Gasteiger partial charge in [-0.05, 0) is 37.5 Å². The van der Waals surface area contributed by atoms with Crippen molar-refractivity contribution in [2.45, 2.75) is 44.3 Å². The topological polar surface area (TPSA) is 155 Å². The van der Waals surface area contributed by atoms with E-state index in [1.165, 1.54) is 24.1 Å². The molecule has 2 saturated heterocycles. The van der Waals surface area contributed by atoms with Gasteiger partial charge in [0.1, 0.15) is 11.8 Å². The highest BCUT2D eigenvalue weighted by Gasteiger charge is 2.39. The molecule has 2 aromatic carbocycles. The molecule has 0 saturated carbocycles. The third-order valence-corrected chi connectivity index (χ3v) is 8.17. The number of methoxy groups -OCH3 is 1. The number of nitrogens with zero attached hydrogens (tertiary/aromatic N) is 2. The monoisotopic (exact) mass is 596 g/mol. The number of imide groups is 1. The number of nitrogens with two attached hydrogens (primary N) is 1. The van der Waals surface area contributed by atoms with Gasteiger partial charge in [0.25, 0.3) is 11.8 Å². The first-order valence-corrected chi connectivity index (χ1v) is 14.5. The molecule has 3 heterocycles. The number of nitrogen functional groups attached to an aromatic ring is 1. The van der Waals surface area contributed by atoms with Crippen molar-refractivity contribution in [2.24, 2.45) is 0 Å². The quantitative estimate of drug-likeness (QED) is 0.172. The van der Waals surface area contributed by atoms with Crippen LogP contribution in [0.1, 0.15) is 52.0 Å². The number of rotatable bonds is 11. The summed E-state index contributed by atoms with van der Waals surface area (Å²) in [7, 11) is 1.43. The third kappa shape index (κ3) is 6.89. The van der Waals surface area contributed by atoms with Crippen molar-refractivity contribution in [1.82, 2.24) is 20.4 Å². The largest absolute Gasteiger partial charge is 0.497 e. The average molecular weight is 597 g/mol. The van der Waals surface area contributed by atoms with E-state index >= 15 is 0 Å². The molecule has 5 N–H and O–H groups in total. The molecule has 1 atom stereocenters. The summed E-state index contributed by atoms with van der Waals surface area (Å²) in [5, 5.41) is 8.57. The third-order valence-electron chi connectivity index (χ3n) is 8.17. The molecule has 4 amide bonds. The minimum atomic E-state index is -0.748. The fraction of sp³-hybridized carbons (Fsp3) is 0.467. The lowest BCUT2D eigenvalue weighted by molar-refractivity contribution is -0.136. The molecule has 2 fully saturated rings. The number of likely N-dealkylation sites (tertiary alicyclic amines) is 1. The van der Waals surface area contributed by atoms with Gasteiger partial charge in [-0.2, -0.15) is 0 Å². The molecule has 3 aliphatic rings. The first-order chi connectivity index (χ1) is 20.7. The van der Waals surface area contributed by atoms with Gasteiger partial charge < -0.3 is 35.6 Å². The van der Waals surface area contributed by atoms with E-state index in [0.717, 1.165) is 43.7 Å². The number of anilines is 2. The highest BCUT2D eigenvalue weighted by molar-refractivity contribution is 6.06. The lowest BCUT2D eigenvalue weighted by atomic mass is 10.0. The summed E-state index contributed by atoms with van der Waals surface area (Å²) in [6.07, 6.45) is 2.02. The van der Waals surface area contributed by atoms with Crippen LogP contribution in [0.15, 0.2) is 30.3 Å². The number of carbonyl (C=O) groups excluding carboxylic acids is 4. The van der Waals surface area contributed by atoms with E-state index in [2.05, 4.69) is 20.9 Å². The van der Waals surface area contributed by atoms with Gasteiger partial charge in [0.15, 0.2) is 5.82 Å². The standard InChI is InChI=1S/C30H37FN6O6/c1-42-19-15-21(27(31)23(32)16-19)28(39)34-18-7-10-36(11-8-18)12-14-43-13-9-33-24-4-2-3-20-22(24)17-37(30(20)41)25-5-6-26(38)35-29(25)40/h2-4,15-16,18,25,33H,5-14,17,32H2,1H3,(H,34,39)(H,35,38,40). The summed E-state index contributed by atoms with van der Waals surface area (Å²) < 4.78 is 25.3. The molecule has 2 aromatic rings. The molecule has 0 aliphatic carbocycles. The molecule has 3 aliphatic heterocycles. The van der Waals surface area contributed by atoms with Crippen molar-refractivity contribution < 1.29 is 33.0 Å². The zero-order chi connectivity index (χ0) is 30.5. The number of amides is 4. The van der Waals surface area contributed by atoms with E-state index in [-0.39, 0.29) is 35.5 Å². The van der Waals surface area contributed by atoms with Crippen molar-refractivity contribution in [3.05, 3.63) is 52.8 Å². The van der Waals surface area contributed by atoms with Crippen molar-refractivity contribution in [2.75, 3.05) is 57.6 Å². The lowest BCUT2D eigenvalue weighted by Crippen LogP contribution is -2.52. The highest BCUT2D eigenvalue weighted by Crippen LogP contribution is 2.32. The second kappa shape index (κ2) is 13.4. The Morgan fingerprint density at radius 3 is 2.67 bits per heavy atom. The normalized spacial score (nSPS) is 19.3. The van der Waals surface area contributed by atoms with E-state index in [4.69, 9.17) is 15.2 Å². The Morgan fingerprint density at radius 2 is 1.93 bits per heavy atom. The lowest BCUT2D eigenvalue weighted by Gasteiger charge is -2.32. The second-order valence-corrected chi connectivity index (χ2v) is 10.9. The maximum Gasteiger partial charge on any atom is 0.255 e. The Morgan fingerprint density at radius 1 is 1.14 bits per heavy atom. The summed E-state index contributed by atoms with van der Waals surface area (Å²) in [6, 6.07) is 7.45. The second-order valence-electron chi connectivity index (χ2n) is 10.9. The molecule has 43 heavy (non-hydrogen) atoms. The smallest absolute Gasteiger partial charge is 0.255 e. The Kier molecular flexibility index (Phi) is 9.41.